The summed E-state index contributed by atoms with van der Waals surface area (Å²) in [5, 5.41) is 11.8. The fraction of sp³-hybridized carbons (Fsp3) is 0.333. The maximum atomic E-state index is 13.2. The first-order valence-electron chi connectivity index (χ1n) is 6.44. The van der Waals surface area contributed by atoms with E-state index in [1.807, 2.05) is 6.08 Å². The fourth-order valence-electron chi connectivity index (χ4n) is 2.33. The molecule has 4 nitrogen and oxygen atoms in total. The molecule has 0 saturated heterocycles. The summed E-state index contributed by atoms with van der Waals surface area (Å²) in [6, 6.07) is 4.12. The summed E-state index contributed by atoms with van der Waals surface area (Å²) in [4.78, 5) is 23.4. The Labute approximate surface area is 116 Å². The number of halogens is 1. The SMILES string of the molecule is Cc1ccc(F)cc1NC(=O)[C@@H]1CC=CC[C@@H]1C(=O)O. The fourth-order valence-corrected chi connectivity index (χ4v) is 2.33. The number of nitrogens with one attached hydrogen (secondary N) is 1. The van der Waals surface area contributed by atoms with Crippen LogP contribution in [0.15, 0.2) is 30.4 Å². The normalized spacial score (nSPS) is 21.5. The second-order valence-electron chi connectivity index (χ2n) is 4.94. The average molecular weight is 277 g/mol. The third-order valence-electron chi connectivity index (χ3n) is 3.54. The van der Waals surface area contributed by atoms with Crippen molar-refractivity contribution in [1.29, 1.82) is 0 Å². The molecule has 0 unspecified atom stereocenters. The van der Waals surface area contributed by atoms with Crippen LogP contribution in [0.5, 0.6) is 0 Å². The first-order valence-corrected chi connectivity index (χ1v) is 6.44. The van der Waals surface area contributed by atoms with Gasteiger partial charge in [0, 0.05) is 5.69 Å². The van der Waals surface area contributed by atoms with Crippen molar-refractivity contribution in [2.75, 3.05) is 5.32 Å². The molecule has 106 valence electrons. The van der Waals surface area contributed by atoms with Crippen LogP contribution in [0.3, 0.4) is 0 Å². The Morgan fingerprint density at radius 3 is 2.55 bits per heavy atom. The number of aliphatic carboxylic acids is 1. The molecular weight excluding hydrogens is 261 g/mol. The van der Waals surface area contributed by atoms with Crippen molar-refractivity contribution in [3.63, 3.8) is 0 Å². The van der Waals surface area contributed by atoms with Crippen LogP contribution in [-0.2, 0) is 9.59 Å². The first kappa shape index (κ1) is 14.2. The predicted molar refractivity (Wildman–Crippen MR) is 72.8 cm³/mol. The van der Waals surface area contributed by atoms with Gasteiger partial charge in [0.15, 0.2) is 0 Å². The number of hydrogen-bond acceptors (Lipinski definition) is 2. The van der Waals surface area contributed by atoms with Crippen LogP contribution in [0.2, 0.25) is 0 Å². The summed E-state index contributed by atoms with van der Waals surface area (Å²) in [7, 11) is 0. The van der Waals surface area contributed by atoms with Crippen molar-refractivity contribution in [3.05, 3.63) is 41.7 Å². The number of benzene rings is 1. The highest BCUT2D eigenvalue weighted by Crippen LogP contribution is 2.28. The van der Waals surface area contributed by atoms with Crippen LogP contribution in [0.25, 0.3) is 0 Å². The largest absolute Gasteiger partial charge is 0.481 e. The Balaban J connectivity index is 2.16. The van der Waals surface area contributed by atoms with E-state index >= 15 is 0 Å². The lowest BCUT2D eigenvalue weighted by atomic mass is 9.82. The second-order valence-corrected chi connectivity index (χ2v) is 4.94. The van der Waals surface area contributed by atoms with Crippen LogP contribution in [-0.4, -0.2) is 17.0 Å². The summed E-state index contributed by atoms with van der Waals surface area (Å²) in [5.74, 6) is -3.15. The standard InChI is InChI=1S/C15H16FNO3/c1-9-6-7-10(16)8-13(9)17-14(18)11-4-2-3-5-12(11)15(19)20/h2-3,6-8,11-12H,4-5H2,1H3,(H,17,18)(H,19,20)/t11-,12+/m1/s1. The van der Waals surface area contributed by atoms with Crippen LogP contribution in [0, 0.1) is 24.6 Å². The minimum absolute atomic E-state index is 0.343. The Hall–Kier alpha value is -2.17. The van der Waals surface area contributed by atoms with Crippen LogP contribution in [0.1, 0.15) is 18.4 Å². The van der Waals surface area contributed by atoms with Gasteiger partial charge in [-0.15, -0.1) is 0 Å². The molecule has 1 aliphatic rings. The van der Waals surface area contributed by atoms with Crippen molar-refractivity contribution < 1.29 is 19.1 Å². The molecule has 1 aliphatic carbocycles. The van der Waals surface area contributed by atoms with Gasteiger partial charge in [-0.3, -0.25) is 9.59 Å². The van der Waals surface area contributed by atoms with Crippen LogP contribution >= 0.6 is 0 Å². The summed E-state index contributed by atoms with van der Waals surface area (Å²) in [5.41, 5.74) is 1.12. The van der Waals surface area contributed by atoms with Gasteiger partial charge < -0.3 is 10.4 Å². The molecule has 1 amide bonds. The van der Waals surface area contributed by atoms with Crippen molar-refractivity contribution in [1.82, 2.24) is 0 Å². The van der Waals surface area contributed by atoms with Gasteiger partial charge >= 0.3 is 5.97 Å². The number of amides is 1. The smallest absolute Gasteiger partial charge is 0.307 e. The van der Waals surface area contributed by atoms with E-state index in [1.165, 1.54) is 12.1 Å². The molecular formula is C15H16FNO3. The van der Waals surface area contributed by atoms with Gasteiger partial charge in [-0.05, 0) is 37.5 Å². The highest BCUT2D eigenvalue weighted by molar-refractivity contribution is 5.96. The third-order valence-corrected chi connectivity index (χ3v) is 3.54. The highest BCUT2D eigenvalue weighted by atomic mass is 19.1. The molecule has 0 aromatic heterocycles. The molecule has 1 aromatic carbocycles. The number of carboxylic acid groups (broad SMARTS) is 1. The van der Waals surface area contributed by atoms with E-state index in [4.69, 9.17) is 5.11 Å². The molecule has 0 spiro atoms. The Bertz CT molecular complexity index is 568. The number of anilines is 1. The van der Waals surface area contributed by atoms with Gasteiger partial charge in [0.25, 0.3) is 0 Å². The van der Waals surface area contributed by atoms with E-state index in [0.717, 1.165) is 5.56 Å². The number of carbonyl (C=O) groups excluding carboxylic acids is 1. The van der Waals surface area contributed by atoms with Crippen molar-refractivity contribution in [3.8, 4) is 0 Å². The maximum absolute atomic E-state index is 13.2. The topological polar surface area (TPSA) is 66.4 Å². The number of aryl methyl sites for hydroxylation is 1. The van der Waals surface area contributed by atoms with Gasteiger partial charge in [0.1, 0.15) is 5.82 Å². The minimum atomic E-state index is -0.981. The van der Waals surface area contributed by atoms with Crippen LogP contribution < -0.4 is 5.32 Å². The summed E-state index contributed by atoms with van der Waals surface area (Å²) < 4.78 is 13.2. The Morgan fingerprint density at radius 1 is 1.25 bits per heavy atom. The van der Waals surface area contributed by atoms with Gasteiger partial charge in [-0.1, -0.05) is 18.2 Å². The van der Waals surface area contributed by atoms with E-state index < -0.39 is 23.6 Å². The molecule has 0 saturated carbocycles. The quantitative estimate of drug-likeness (QED) is 0.835. The summed E-state index contributed by atoms with van der Waals surface area (Å²) >= 11 is 0. The lowest BCUT2D eigenvalue weighted by molar-refractivity contribution is -0.146. The van der Waals surface area contributed by atoms with Crippen molar-refractivity contribution in [2.45, 2.75) is 19.8 Å². The van der Waals surface area contributed by atoms with E-state index in [1.54, 1.807) is 19.1 Å². The van der Waals surface area contributed by atoms with Crippen molar-refractivity contribution >= 4 is 17.6 Å². The van der Waals surface area contributed by atoms with E-state index in [9.17, 15) is 14.0 Å². The zero-order valence-corrected chi connectivity index (χ0v) is 11.1. The monoisotopic (exact) mass is 277 g/mol. The molecule has 0 heterocycles. The number of hydrogen-bond donors (Lipinski definition) is 2. The van der Waals surface area contributed by atoms with Gasteiger partial charge in [0.05, 0.1) is 11.8 Å². The molecule has 1 aromatic rings. The average Bonchev–Trinajstić information content (AvgIpc) is 2.42. The lowest BCUT2D eigenvalue weighted by Gasteiger charge is -2.24. The number of carbonyl (C=O) groups is 2. The third kappa shape index (κ3) is 3.04. The maximum Gasteiger partial charge on any atom is 0.307 e. The van der Waals surface area contributed by atoms with Gasteiger partial charge in [-0.2, -0.15) is 0 Å². The molecule has 0 radical (unpaired) electrons. The lowest BCUT2D eigenvalue weighted by Crippen LogP contribution is -2.34. The van der Waals surface area contributed by atoms with Gasteiger partial charge in [0.2, 0.25) is 5.91 Å². The Morgan fingerprint density at radius 2 is 1.90 bits per heavy atom. The highest BCUT2D eigenvalue weighted by Gasteiger charge is 2.34. The van der Waals surface area contributed by atoms with E-state index in [2.05, 4.69) is 5.32 Å². The zero-order valence-electron chi connectivity index (χ0n) is 11.1. The summed E-state index contributed by atoms with van der Waals surface area (Å²) in [6.45, 7) is 1.75. The predicted octanol–water partition coefficient (Wildman–Crippen LogP) is 2.74. The van der Waals surface area contributed by atoms with E-state index in [-0.39, 0.29) is 5.91 Å². The van der Waals surface area contributed by atoms with Crippen molar-refractivity contribution in [2.24, 2.45) is 11.8 Å². The second kappa shape index (κ2) is 5.86. The molecule has 2 rings (SSSR count). The van der Waals surface area contributed by atoms with Gasteiger partial charge in [-0.25, -0.2) is 4.39 Å². The molecule has 2 atom stereocenters. The number of rotatable bonds is 3. The van der Waals surface area contributed by atoms with Crippen LogP contribution in [0.4, 0.5) is 10.1 Å². The van der Waals surface area contributed by atoms with E-state index in [0.29, 0.717) is 18.5 Å². The molecule has 0 bridgehead atoms. The number of carboxylic acids is 1. The first-order chi connectivity index (χ1) is 9.49. The molecule has 0 fully saturated rings. The Kier molecular flexibility index (Phi) is 4.17. The number of allylic oxidation sites excluding steroid dienone is 2. The summed E-state index contributed by atoms with van der Waals surface area (Å²) in [6.07, 6.45) is 4.31. The zero-order chi connectivity index (χ0) is 14.7. The molecule has 2 N–H and O–H groups in total. The molecule has 0 aliphatic heterocycles. The minimum Gasteiger partial charge on any atom is -0.481 e. The molecule has 5 heteroatoms. The molecule has 20 heavy (non-hydrogen) atoms.